The molecular weight excluding hydrogens is 326 g/mol. The first-order chi connectivity index (χ1) is 11.9. The number of carboxylic acid groups (broad SMARTS) is 1. The van der Waals surface area contributed by atoms with Gasteiger partial charge in [0.05, 0.1) is 16.4 Å². The smallest absolute Gasteiger partial charge is 0.357 e. The van der Waals surface area contributed by atoms with Crippen molar-refractivity contribution in [1.29, 1.82) is 0 Å². The Bertz CT molecular complexity index is 1060. The molecule has 1 heterocycles. The molecule has 1 N–H and O–H groups in total. The van der Waals surface area contributed by atoms with E-state index in [0.29, 0.717) is 5.56 Å². The number of nitro benzene ring substituents is 1. The van der Waals surface area contributed by atoms with Crippen LogP contribution in [0.25, 0.3) is 10.8 Å². The molecular formula is C17H13N3O5. The van der Waals surface area contributed by atoms with Crippen LogP contribution in [0.4, 0.5) is 5.69 Å². The van der Waals surface area contributed by atoms with E-state index in [1.165, 1.54) is 30.3 Å². The van der Waals surface area contributed by atoms with Crippen LogP contribution in [0.1, 0.15) is 29.0 Å². The van der Waals surface area contributed by atoms with E-state index in [2.05, 4.69) is 5.10 Å². The van der Waals surface area contributed by atoms with Gasteiger partial charge in [0, 0.05) is 17.5 Å². The summed E-state index contributed by atoms with van der Waals surface area (Å²) in [5, 5.41) is 24.8. The second kappa shape index (κ2) is 6.16. The maximum Gasteiger partial charge on any atom is 0.357 e. The highest BCUT2D eigenvalue weighted by atomic mass is 16.6. The molecule has 0 amide bonds. The van der Waals surface area contributed by atoms with Gasteiger partial charge in [-0.3, -0.25) is 14.9 Å². The van der Waals surface area contributed by atoms with Crippen molar-refractivity contribution in [2.75, 3.05) is 0 Å². The topological polar surface area (TPSA) is 115 Å². The lowest BCUT2D eigenvalue weighted by Crippen LogP contribution is -2.29. The summed E-state index contributed by atoms with van der Waals surface area (Å²) < 4.78 is 1.05. The largest absolute Gasteiger partial charge is 0.476 e. The van der Waals surface area contributed by atoms with Gasteiger partial charge < -0.3 is 5.11 Å². The Morgan fingerprint density at radius 2 is 1.88 bits per heavy atom. The molecule has 1 atom stereocenters. The molecule has 2 aromatic carbocycles. The fraction of sp³-hybridized carbons (Fsp3) is 0.118. The first-order valence-corrected chi connectivity index (χ1v) is 7.39. The normalized spacial score (nSPS) is 12.0. The van der Waals surface area contributed by atoms with E-state index in [1.54, 1.807) is 25.1 Å². The third kappa shape index (κ3) is 2.85. The molecule has 1 aromatic heterocycles. The Morgan fingerprint density at radius 3 is 2.52 bits per heavy atom. The molecule has 0 aliphatic rings. The number of rotatable bonds is 4. The minimum atomic E-state index is -1.25. The molecule has 0 spiro atoms. The number of carbonyl (C=O) groups is 1. The molecule has 3 rings (SSSR count). The van der Waals surface area contributed by atoms with Gasteiger partial charge in [0.1, 0.15) is 0 Å². The van der Waals surface area contributed by atoms with Gasteiger partial charge in [-0.05, 0) is 18.6 Å². The molecule has 0 saturated heterocycles. The van der Waals surface area contributed by atoms with Crippen molar-refractivity contribution < 1.29 is 14.8 Å². The first kappa shape index (κ1) is 16.3. The highest BCUT2D eigenvalue weighted by Gasteiger charge is 2.20. The fourth-order valence-electron chi connectivity index (χ4n) is 2.67. The number of benzene rings is 2. The number of non-ortho nitro benzene ring substituents is 1. The molecule has 0 fully saturated rings. The number of fused-ring (bicyclic) bond motifs is 1. The van der Waals surface area contributed by atoms with Gasteiger partial charge in [0.25, 0.3) is 11.2 Å². The summed E-state index contributed by atoms with van der Waals surface area (Å²) in [6, 6.07) is 11.5. The molecule has 126 valence electrons. The lowest BCUT2D eigenvalue weighted by Gasteiger charge is -2.16. The van der Waals surface area contributed by atoms with Crippen LogP contribution < -0.4 is 5.56 Å². The minimum absolute atomic E-state index is 0.114. The summed E-state index contributed by atoms with van der Waals surface area (Å²) in [5.74, 6) is -1.25. The lowest BCUT2D eigenvalue weighted by atomic mass is 10.1. The molecule has 25 heavy (non-hydrogen) atoms. The van der Waals surface area contributed by atoms with Gasteiger partial charge in [0.2, 0.25) is 0 Å². The second-order valence-electron chi connectivity index (χ2n) is 5.48. The first-order valence-electron chi connectivity index (χ1n) is 7.39. The Morgan fingerprint density at radius 1 is 1.20 bits per heavy atom. The zero-order valence-electron chi connectivity index (χ0n) is 13.1. The summed E-state index contributed by atoms with van der Waals surface area (Å²) in [6.07, 6.45) is 0. The summed E-state index contributed by atoms with van der Waals surface area (Å²) in [7, 11) is 0. The average Bonchev–Trinajstić information content (AvgIpc) is 2.61. The maximum absolute atomic E-state index is 12.7. The molecule has 1 unspecified atom stereocenters. The van der Waals surface area contributed by atoms with Gasteiger partial charge in [-0.15, -0.1) is 0 Å². The molecule has 8 nitrogen and oxygen atoms in total. The minimum Gasteiger partial charge on any atom is -0.476 e. The monoisotopic (exact) mass is 339 g/mol. The van der Waals surface area contributed by atoms with Crippen molar-refractivity contribution in [3.63, 3.8) is 0 Å². The van der Waals surface area contributed by atoms with Crippen LogP contribution in [0.2, 0.25) is 0 Å². The maximum atomic E-state index is 12.7. The average molecular weight is 339 g/mol. The van der Waals surface area contributed by atoms with Gasteiger partial charge >= 0.3 is 5.97 Å². The Balaban J connectivity index is 2.23. The van der Waals surface area contributed by atoms with E-state index in [9.17, 15) is 24.8 Å². The van der Waals surface area contributed by atoms with E-state index in [1.807, 2.05) is 0 Å². The molecule has 8 heteroatoms. The predicted molar refractivity (Wildman–Crippen MR) is 89.9 cm³/mol. The molecule has 0 radical (unpaired) electrons. The lowest BCUT2D eigenvalue weighted by molar-refractivity contribution is -0.384. The number of nitrogens with zero attached hydrogens (tertiary/aromatic N) is 3. The van der Waals surface area contributed by atoms with Crippen molar-refractivity contribution in [2.24, 2.45) is 0 Å². The number of hydrogen-bond donors (Lipinski definition) is 1. The van der Waals surface area contributed by atoms with E-state index >= 15 is 0 Å². The number of hydrogen-bond acceptors (Lipinski definition) is 5. The van der Waals surface area contributed by atoms with Crippen LogP contribution in [0.5, 0.6) is 0 Å². The SMILES string of the molecule is CC(c1cccc([N+](=O)[O-])c1)n1nc(C(=O)O)c2ccccc2c1=O. The Labute approximate surface area is 141 Å². The standard InChI is InChI=1S/C17H13N3O5/c1-10(11-5-4-6-12(9-11)20(24)25)19-16(21)14-8-3-2-7-13(14)15(18-19)17(22)23/h2-10H,1H3,(H,22,23). The van der Waals surface area contributed by atoms with Crippen molar-refractivity contribution >= 4 is 22.4 Å². The summed E-state index contributed by atoms with van der Waals surface area (Å²) in [5.41, 5.74) is -0.334. The van der Waals surface area contributed by atoms with Crippen LogP contribution in [0.3, 0.4) is 0 Å². The van der Waals surface area contributed by atoms with Gasteiger partial charge in [0.15, 0.2) is 5.69 Å². The van der Waals surface area contributed by atoms with E-state index < -0.39 is 22.5 Å². The van der Waals surface area contributed by atoms with Crippen molar-refractivity contribution in [3.05, 3.63) is 80.3 Å². The van der Waals surface area contributed by atoms with Crippen LogP contribution in [0, 0.1) is 10.1 Å². The fourth-order valence-corrected chi connectivity index (χ4v) is 2.67. The molecule has 0 bridgehead atoms. The van der Waals surface area contributed by atoms with Crippen LogP contribution in [-0.2, 0) is 0 Å². The van der Waals surface area contributed by atoms with Gasteiger partial charge in [-0.1, -0.05) is 30.3 Å². The second-order valence-corrected chi connectivity index (χ2v) is 5.48. The van der Waals surface area contributed by atoms with Crippen LogP contribution >= 0.6 is 0 Å². The summed E-state index contributed by atoms with van der Waals surface area (Å²) >= 11 is 0. The van der Waals surface area contributed by atoms with Crippen LogP contribution in [-0.4, -0.2) is 25.8 Å². The molecule has 0 aliphatic heterocycles. The number of carboxylic acids is 1. The third-order valence-electron chi connectivity index (χ3n) is 3.96. The van der Waals surface area contributed by atoms with Gasteiger partial charge in [-0.25, -0.2) is 9.48 Å². The number of nitro groups is 1. The third-order valence-corrected chi connectivity index (χ3v) is 3.96. The van der Waals surface area contributed by atoms with E-state index in [4.69, 9.17) is 0 Å². The molecule has 0 saturated carbocycles. The Hall–Kier alpha value is -3.55. The van der Waals surface area contributed by atoms with Crippen molar-refractivity contribution in [3.8, 4) is 0 Å². The zero-order chi connectivity index (χ0) is 18.1. The quantitative estimate of drug-likeness (QED) is 0.577. The van der Waals surface area contributed by atoms with E-state index in [-0.39, 0.29) is 22.2 Å². The number of aromatic nitrogens is 2. The molecule has 0 aliphatic carbocycles. The summed E-state index contributed by atoms with van der Waals surface area (Å²) in [4.78, 5) is 34.6. The number of aromatic carboxylic acids is 1. The van der Waals surface area contributed by atoms with E-state index in [0.717, 1.165) is 4.68 Å². The van der Waals surface area contributed by atoms with Gasteiger partial charge in [-0.2, -0.15) is 5.10 Å². The highest BCUT2D eigenvalue weighted by molar-refractivity contribution is 6.01. The zero-order valence-corrected chi connectivity index (χ0v) is 13.1. The highest BCUT2D eigenvalue weighted by Crippen LogP contribution is 2.22. The Kier molecular flexibility index (Phi) is 4.02. The van der Waals surface area contributed by atoms with Crippen LogP contribution in [0.15, 0.2) is 53.3 Å². The summed E-state index contributed by atoms with van der Waals surface area (Å²) in [6.45, 7) is 1.63. The molecule has 3 aromatic rings. The van der Waals surface area contributed by atoms with Crippen molar-refractivity contribution in [2.45, 2.75) is 13.0 Å². The predicted octanol–water partition coefficient (Wildman–Crippen LogP) is 2.61. The van der Waals surface area contributed by atoms with Crippen molar-refractivity contribution in [1.82, 2.24) is 9.78 Å².